The van der Waals surface area contributed by atoms with Crippen LogP contribution in [0.4, 0.5) is 0 Å². The Bertz CT molecular complexity index is 1540. The molecule has 0 aliphatic heterocycles. The van der Waals surface area contributed by atoms with Crippen molar-refractivity contribution in [3.05, 3.63) is 106 Å². The number of imidazole rings is 1. The normalized spacial score (nSPS) is 11.6. The van der Waals surface area contributed by atoms with Crippen LogP contribution < -0.4 is 4.74 Å². The average Bonchev–Trinajstić information content (AvgIpc) is 3.25. The van der Waals surface area contributed by atoms with Gasteiger partial charge in [0.05, 0.1) is 16.6 Å². The molecule has 1 N–H and O–H groups in total. The lowest BCUT2D eigenvalue weighted by Gasteiger charge is -2.13. The third kappa shape index (κ3) is 4.39. The molecule has 33 heavy (non-hydrogen) atoms. The molecular weight excluding hydrogens is 474 g/mol. The van der Waals surface area contributed by atoms with E-state index in [0.717, 1.165) is 48.7 Å². The predicted molar refractivity (Wildman–Crippen MR) is 137 cm³/mol. The van der Waals surface area contributed by atoms with E-state index in [-0.39, 0.29) is 0 Å². The monoisotopic (exact) mass is 493 g/mol. The minimum Gasteiger partial charge on any atom is -0.488 e. The van der Waals surface area contributed by atoms with Crippen molar-refractivity contribution in [2.24, 2.45) is 0 Å². The summed E-state index contributed by atoms with van der Waals surface area (Å²) in [5, 5.41) is 12.1. The first-order valence-corrected chi connectivity index (χ1v) is 11.4. The lowest BCUT2D eigenvalue weighted by Crippen LogP contribution is -1.98. The average molecular weight is 494 g/mol. The number of H-pyrrole nitrogens is 1. The van der Waals surface area contributed by atoms with Crippen LogP contribution in [-0.2, 0) is 6.61 Å². The molecule has 4 aromatic carbocycles. The molecule has 0 amide bonds. The molecule has 0 saturated heterocycles. The van der Waals surface area contributed by atoms with Crippen molar-refractivity contribution in [3.8, 4) is 11.8 Å². The quantitative estimate of drug-likeness (QED) is 0.259. The number of benzene rings is 4. The van der Waals surface area contributed by atoms with Gasteiger partial charge in [0.2, 0.25) is 0 Å². The van der Waals surface area contributed by atoms with Crippen LogP contribution >= 0.6 is 15.9 Å². The van der Waals surface area contributed by atoms with Crippen molar-refractivity contribution in [3.63, 3.8) is 0 Å². The molecule has 0 radical (unpaired) electrons. The molecule has 4 nitrogen and oxygen atoms in total. The van der Waals surface area contributed by atoms with Gasteiger partial charge in [0.25, 0.3) is 0 Å². The molecule has 5 heteroatoms. The summed E-state index contributed by atoms with van der Waals surface area (Å²) in [6, 6.07) is 28.5. The minimum absolute atomic E-state index is 0.429. The molecule has 0 fully saturated rings. The van der Waals surface area contributed by atoms with Crippen LogP contribution in [-0.4, -0.2) is 9.97 Å². The standard InChI is InChI=1S/C28H20BrN3O/c1-18-6-12-25-26(14-18)32-28(31-25)21(16-30)15-24-23-5-3-2-4-20(23)9-13-27(24)33-17-19-7-10-22(29)11-8-19/h2-15H,17H2,1H3,(H,31,32)/b21-15-. The Morgan fingerprint density at radius 3 is 2.70 bits per heavy atom. The number of hydrogen-bond donors (Lipinski definition) is 1. The summed E-state index contributed by atoms with van der Waals surface area (Å²) < 4.78 is 7.26. The second-order valence-corrected chi connectivity index (χ2v) is 8.81. The topological polar surface area (TPSA) is 61.7 Å². The molecule has 5 aromatic rings. The van der Waals surface area contributed by atoms with E-state index in [1.165, 1.54) is 0 Å². The number of rotatable bonds is 5. The van der Waals surface area contributed by atoms with E-state index in [9.17, 15) is 5.26 Å². The fraction of sp³-hybridized carbons (Fsp3) is 0.0714. The van der Waals surface area contributed by atoms with Gasteiger partial charge in [-0.05, 0) is 65.2 Å². The van der Waals surface area contributed by atoms with E-state index in [1.807, 2.05) is 85.8 Å². The summed E-state index contributed by atoms with van der Waals surface area (Å²) in [5.74, 6) is 1.27. The maximum Gasteiger partial charge on any atom is 0.149 e. The third-order valence-electron chi connectivity index (χ3n) is 5.54. The first-order chi connectivity index (χ1) is 16.1. The maximum atomic E-state index is 9.99. The summed E-state index contributed by atoms with van der Waals surface area (Å²) in [6.45, 7) is 2.46. The van der Waals surface area contributed by atoms with Crippen LogP contribution in [0.15, 0.2) is 83.3 Å². The number of halogens is 1. The van der Waals surface area contributed by atoms with E-state index in [2.05, 4.69) is 38.0 Å². The summed E-state index contributed by atoms with van der Waals surface area (Å²) in [4.78, 5) is 7.93. The van der Waals surface area contributed by atoms with E-state index >= 15 is 0 Å². The first-order valence-electron chi connectivity index (χ1n) is 10.6. The number of ether oxygens (including phenoxy) is 1. The van der Waals surface area contributed by atoms with Crippen molar-refractivity contribution in [1.29, 1.82) is 5.26 Å². The Labute approximate surface area is 200 Å². The Kier molecular flexibility index (Phi) is 5.68. The lowest BCUT2D eigenvalue weighted by molar-refractivity contribution is 0.306. The summed E-state index contributed by atoms with van der Waals surface area (Å²) in [5.41, 5.74) is 5.26. The van der Waals surface area contributed by atoms with Crippen LogP contribution in [0.25, 0.3) is 33.5 Å². The number of nitriles is 1. The fourth-order valence-corrected chi connectivity index (χ4v) is 4.11. The molecule has 0 spiro atoms. The van der Waals surface area contributed by atoms with Crippen LogP contribution in [0.2, 0.25) is 0 Å². The SMILES string of the molecule is Cc1ccc2nc(/C(C#N)=C\c3c(OCc4ccc(Br)cc4)ccc4ccccc34)[nH]c2c1. The van der Waals surface area contributed by atoms with E-state index in [0.29, 0.717) is 18.0 Å². The van der Waals surface area contributed by atoms with Gasteiger partial charge in [-0.25, -0.2) is 4.98 Å². The number of aromatic amines is 1. The van der Waals surface area contributed by atoms with Gasteiger partial charge >= 0.3 is 0 Å². The second kappa shape index (κ2) is 8.93. The highest BCUT2D eigenvalue weighted by atomic mass is 79.9. The molecule has 0 atom stereocenters. The zero-order valence-electron chi connectivity index (χ0n) is 18.0. The van der Waals surface area contributed by atoms with E-state index in [4.69, 9.17) is 4.74 Å². The van der Waals surface area contributed by atoms with Gasteiger partial charge in [-0.15, -0.1) is 0 Å². The molecule has 160 valence electrons. The molecular formula is C28H20BrN3O. The fourth-order valence-electron chi connectivity index (χ4n) is 3.84. The summed E-state index contributed by atoms with van der Waals surface area (Å²) >= 11 is 3.47. The van der Waals surface area contributed by atoms with Gasteiger partial charge < -0.3 is 9.72 Å². The molecule has 1 heterocycles. The van der Waals surface area contributed by atoms with Gasteiger partial charge in [-0.2, -0.15) is 5.26 Å². The molecule has 0 saturated carbocycles. The number of fused-ring (bicyclic) bond motifs is 2. The van der Waals surface area contributed by atoms with Gasteiger partial charge in [-0.1, -0.05) is 64.5 Å². The van der Waals surface area contributed by atoms with Crippen LogP contribution in [0.3, 0.4) is 0 Å². The van der Waals surface area contributed by atoms with Crippen molar-refractivity contribution in [2.75, 3.05) is 0 Å². The highest BCUT2D eigenvalue weighted by molar-refractivity contribution is 9.10. The first kappa shape index (κ1) is 21.0. The van der Waals surface area contributed by atoms with Gasteiger partial charge in [0.1, 0.15) is 24.3 Å². The minimum atomic E-state index is 0.429. The highest BCUT2D eigenvalue weighted by Gasteiger charge is 2.13. The number of aryl methyl sites for hydroxylation is 1. The number of aromatic nitrogens is 2. The molecule has 0 unspecified atom stereocenters. The third-order valence-corrected chi connectivity index (χ3v) is 6.07. The van der Waals surface area contributed by atoms with Gasteiger partial charge in [0.15, 0.2) is 0 Å². The Balaban J connectivity index is 1.59. The number of nitrogens with zero attached hydrogens (tertiary/aromatic N) is 2. The molecule has 5 rings (SSSR count). The van der Waals surface area contributed by atoms with Gasteiger partial charge in [0, 0.05) is 10.0 Å². The summed E-state index contributed by atoms with van der Waals surface area (Å²) in [7, 11) is 0. The second-order valence-electron chi connectivity index (χ2n) is 7.89. The predicted octanol–water partition coefficient (Wildman–Crippen LogP) is 7.43. The van der Waals surface area contributed by atoms with Crippen LogP contribution in [0, 0.1) is 18.3 Å². The number of hydrogen-bond acceptors (Lipinski definition) is 3. The van der Waals surface area contributed by atoms with E-state index in [1.54, 1.807) is 0 Å². The number of allylic oxidation sites excluding steroid dienone is 1. The Hall–Kier alpha value is -3.88. The molecule has 1 aromatic heterocycles. The van der Waals surface area contributed by atoms with Gasteiger partial charge in [-0.3, -0.25) is 0 Å². The zero-order chi connectivity index (χ0) is 22.8. The Morgan fingerprint density at radius 2 is 1.88 bits per heavy atom. The zero-order valence-corrected chi connectivity index (χ0v) is 19.6. The lowest BCUT2D eigenvalue weighted by atomic mass is 10.0. The molecule has 0 bridgehead atoms. The summed E-state index contributed by atoms with van der Waals surface area (Å²) in [6.07, 6.45) is 1.86. The van der Waals surface area contributed by atoms with E-state index < -0.39 is 0 Å². The van der Waals surface area contributed by atoms with Crippen molar-refractivity contribution < 1.29 is 4.74 Å². The van der Waals surface area contributed by atoms with Crippen LogP contribution in [0.1, 0.15) is 22.5 Å². The highest BCUT2D eigenvalue weighted by Crippen LogP contribution is 2.32. The molecule has 0 aliphatic rings. The smallest absolute Gasteiger partial charge is 0.149 e. The Morgan fingerprint density at radius 1 is 1.06 bits per heavy atom. The molecule has 0 aliphatic carbocycles. The number of nitrogens with one attached hydrogen (secondary N) is 1. The maximum absolute atomic E-state index is 9.99. The largest absolute Gasteiger partial charge is 0.488 e. The van der Waals surface area contributed by atoms with Crippen molar-refractivity contribution in [1.82, 2.24) is 9.97 Å². The van der Waals surface area contributed by atoms with Crippen molar-refractivity contribution >= 4 is 49.4 Å². The van der Waals surface area contributed by atoms with Crippen molar-refractivity contribution in [2.45, 2.75) is 13.5 Å². The van der Waals surface area contributed by atoms with Crippen LogP contribution in [0.5, 0.6) is 5.75 Å².